The van der Waals surface area contributed by atoms with Crippen LogP contribution in [0.4, 0.5) is 0 Å². The standard InChI is InChI=1S/C22H25Cl2NO3/c1-11(2)28-21(27)18-12(3)25-16-9-22(4,5)10-17(26)20(16)19(18)13-6-7-14(23)15(24)8-13/h6-8,11,19,25H,9-10H2,1-5H3/t19-/m1/s1. The third kappa shape index (κ3) is 3.99. The number of Topliss-reactive ketones (excluding diaryl/α,β-unsaturated/α-hetero) is 1. The van der Waals surface area contributed by atoms with Gasteiger partial charge in [-0.05, 0) is 50.3 Å². The molecule has 28 heavy (non-hydrogen) atoms. The van der Waals surface area contributed by atoms with Crippen LogP contribution in [-0.4, -0.2) is 17.9 Å². The van der Waals surface area contributed by atoms with Gasteiger partial charge in [0.1, 0.15) is 0 Å². The maximum Gasteiger partial charge on any atom is 0.337 e. The number of hydrogen-bond donors (Lipinski definition) is 1. The number of benzene rings is 1. The second kappa shape index (κ2) is 7.57. The molecule has 0 amide bonds. The summed E-state index contributed by atoms with van der Waals surface area (Å²) in [5, 5.41) is 4.13. The highest BCUT2D eigenvalue weighted by atomic mass is 35.5. The lowest BCUT2D eigenvalue weighted by molar-refractivity contribution is -0.143. The van der Waals surface area contributed by atoms with E-state index in [0.717, 1.165) is 17.7 Å². The average Bonchev–Trinajstić information content (AvgIpc) is 2.54. The van der Waals surface area contributed by atoms with Crippen molar-refractivity contribution in [2.24, 2.45) is 5.41 Å². The van der Waals surface area contributed by atoms with Crippen molar-refractivity contribution in [2.75, 3.05) is 0 Å². The first-order valence-electron chi connectivity index (χ1n) is 9.40. The second-order valence-electron chi connectivity index (χ2n) is 8.56. The van der Waals surface area contributed by atoms with Crippen LogP contribution < -0.4 is 5.32 Å². The number of esters is 1. The lowest BCUT2D eigenvalue weighted by atomic mass is 9.68. The number of halogens is 2. The lowest BCUT2D eigenvalue weighted by Gasteiger charge is -2.39. The van der Waals surface area contributed by atoms with E-state index in [-0.39, 0.29) is 17.3 Å². The molecule has 0 aromatic heterocycles. The predicted octanol–water partition coefficient (Wildman–Crippen LogP) is 5.55. The Bertz CT molecular complexity index is 912. The minimum absolute atomic E-state index is 0.0390. The number of allylic oxidation sites excluding steroid dienone is 3. The lowest BCUT2D eigenvalue weighted by Crippen LogP contribution is -2.39. The Labute approximate surface area is 175 Å². The van der Waals surface area contributed by atoms with Crippen LogP contribution in [0.1, 0.15) is 58.9 Å². The molecule has 0 spiro atoms. The summed E-state index contributed by atoms with van der Waals surface area (Å²) in [5.41, 5.74) is 3.26. The molecule has 150 valence electrons. The van der Waals surface area contributed by atoms with E-state index in [4.69, 9.17) is 27.9 Å². The summed E-state index contributed by atoms with van der Waals surface area (Å²) in [6.07, 6.45) is 0.894. The van der Waals surface area contributed by atoms with Crippen molar-refractivity contribution >= 4 is 35.0 Å². The Balaban J connectivity index is 2.19. The van der Waals surface area contributed by atoms with Gasteiger partial charge in [0.15, 0.2) is 5.78 Å². The van der Waals surface area contributed by atoms with Gasteiger partial charge in [-0.2, -0.15) is 0 Å². The summed E-state index contributed by atoms with van der Waals surface area (Å²) in [6, 6.07) is 5.24. The monoisotopic (exact) mass is 421 g/mol. The molecule has 1 N–H and O–H groups in total. The molecule has 0 radical (unpaired) electrons. The minimum atomic E-state index is -0.527. The number of dihydropyridines is 1. The van der Waals surface area contributed by atoms with Crippen LogP contribution in [0.2, 0.25) is 10.0 Å². The summed E-state index contributed by atoms with van der Waals surface area (Å²) >= 11 is 12.3. The Morgan fingerprint density at radius 3 is 2.50 bits per heavy atom. The molecule has 1 heterocycles. The molecule has 0 fully saturated rings. The largest absolute Gasteiger partial charge is 0.460 e. The second-order valence-corrected chi connectivity index (χ2v) is 9.37. The van der Waals surface area contributed by atoms with Crippen molar-refractivity contribution in [3.05, 3.63) is 56.3 Å². The summed E-state index contributed by atoms with van der Waals surface area (Å²) < 4.78 is 5.49. The van der Waals surface area contributed by atoms with Gasteiger partial charge in [0, 0.05) is 29.3 Å². The van der Waals surface area contributed by atoms with Gasteiger partial charge in [-0.3, -0.25) is 4.79 Å². The zero-order valence-corrected chi connectivity index (χ0v) is 18.3. The van der Waals surface area contributed by atoms with Crippen molar-refractivity contribution < 1.29 is 14.3 Å². The summed E-state index contributed by atoms with van der Waals surface area (Å²) in [4.78, 5) is 26.1. The number of carbonyl (C=O) groups excluding carboxylic acids is 2. The van der Waals surface area contributed by atoms with E-state index < -0.39 is 11.9 Å². The van der Waals surface area contributed by atoms with Crippen LogP contribution in [-0.2, 0) is 14.3 Å². The maximum absolute atomic E-state index is 13.1. The van der Waals surface area contributed by atoms with Crippen molar-refractivity contribution in [3.63, 3.8) is 0 Å². The van der Waals surface area contributed by atoms with Crippen LogP contribution in [0.15, 0.2) is 40.7 Å². The molecule has 1 atom stereocenters. The Morgan fingerprint density at radius 2 is 1.89 bits per heavy atom. The van der Waals surface area contributed by atoms with Crippen LogP contribution in [0, 0.1) is 5.41 Å². The normalized spacial score (nSPS) is 21.6. The Morgan fingerprint density at radius 1 is 1.21 bits per heavy atom. The van der Waals surface area contributed by atoms with Gasteiger partial charge in [-0.25, -0.2) is 4.79 Å². The molecule has 2 aliphatic rings. The summed E-state index contributed by atoms with van der Waals surface area (Å²) in [7, 11) is 0. The molecule has 6 heteroatoms. The van der Waals surface area contributed by atoms with Gasteiger partial charge in [0.05, 0.1) is 21.7 Å². The van der Waals surface area contributed by atoms with E-state index in [1.807, 2.05) is 13.0 Å². The number of carbonyl (C=O) groups is 2. The molecule has 1 aromatic carbocycles. The molecule has 0 saturated heterocycles. The van der Waals surface area contributed by atoms with Crippen LogP contribution in [0.3, 0.4) is 0 Å². The van der Waals surface area contributed by atoms with Crippen LogP contribution in [0.25, 0.3) is 0 Å². The first-order valence-corrected chi connectivity index (χ1v) is 10.2. The van der Waals surface area contributed by atoms with Gasteiger partial charge < -0.3 is 10.1 Å². The van der Waals surface area contributed by atoms with Crippen molar-refractivity contribution in [2.45, 2.75) is 59.5 Å². The number of ketones is 1. The first kappa shape index (κ1) is 20.9. The molecule has 0 unspecified atom stereocenters. The molecule has 0 bridgehead atoms. The molecule has 4 nitrogen and oxygen atoms in total. The van der Waals surface area contributed by atoms with Crippen molar-refractivity contribution in [3.8, 4) is 0 Å². The van der Waals surface area contributed by atoms with Crippen LogP contribution >= 0.6 is 23.2 Å². The molecular weight excluding hydrogens is 397 g/mol. The fourth-order valence-electron chi connectivity index (χ4n) is 4.01. The summed E-state index contributed by atoms with van der Waals surface area (Å²) in [5.74, 6) is -0.918. The van der Waals surface area contributed by atoms with E-state index in [9.17, 15) is 9.59 Å². The third-order valence-corrected chi connectivity index (χ3v) is 5.82. The average molecular weight is 422 g/mol. The van der Waals surface area contributed by atoms with E-state index in [1.54, 1.807) is 26.0 Å². The molecule has 0 saturated carbocycles. The molecule has 1 aromatic rings. The predicted molar refractivity (Wildman–Crippen MR) is 111 cm³/mol. The fraction of sp³-hybridized carbons (Fsp3) is 0.455. The molecular formula is C22H25Cl2NO3. The zero-order valence-electron chi connectivity index (χ0n) is 16.8. The number of ether oxygens (including phenoxy) is 1. The van der Waals surface area contributed by atoms with E-state index >= 15 is 0 Å². The molecule has 3 rings (SSSR count). The van der Waals surface area contributed by atoms with E-state index in [1.165, 1.54) is 0 Å². The fourth-order valence-corrected chi connectivity index (χ4v) is 4.32. The number of hydrogen-bond acceptors (Lipinski definition) is 4. The number of nitrogens with one attached hydrogen (secondary N) is 1. The zero-order chi connectivity index (χ0) is 20.8. The van der Waals surface area contributed by atoms with Gasteiger partial charge >= 0.3 is 5.97 Å². The van der Waals surface area contributed by atoms with Gasteiger partial charge in [-0.15, -0.1) is 0 Å². The highest BCUT2D eigenvalue weighted by Crippen LogP contribution is 2.47. The molecule has 1 aliphatic heterocycles. The topological polar surface area (TPSA) is 55.4 Å². The van der Waals surface area contributed by atoms with Gasteiger partial charge in [-0.1, -0.05) is 43.1 Å². The number of rotatable bonds is 3. The quantitative estimate of drug-likeness (QED) is 0.649. The highest BCUT2D eigenvalue weighted by Gasteiger charge is 2.43. The molecule has 1 aliphatic carbocycles. The smallest absolute Gasteiger partial charge is 0.337 e. The highest BCUT2D eigenvalue weighted by molar-refractivity contribution is 6.42. The van der Waals surface area contributed by atoms with Crippen LogP contribution in [0.5, 0.6) is 0 Å². The summed E-state index contributed by atoms with van der Waals surface area (Å²) in [6.45, 7) is 9.60. The van der Waals surface area contributed by atoms with Gasteiger partial charge in [0.2, 0.25) is 0 Å². The SMILES string of the molecule is CC1=C(C(=O)OC(C)C)[C@@H](c2ccc(Cl)c(Cl)c2)C2=C(CC(C)(C)CC2=O)N1. The van der Waals surface area contributed by atoms with E-state index in [2.05, 4.69) is 19.2 Å². The van der Waals surface area contributed by atoms with E-state index in [0.29, 0.717) is 33.3 Å². The van der Waals surface area contributed by atoms with Gasteiger partial charge in [0.25, 0.3) is 0 Å². The minimum Gasteiger partial charge on any atom is -0.460 e. The van der Waals surface area contributed by atoms with Crippen molar-refractivity contribution in [1.82, 2.24) is 5.32 Å². The third-order valence-electron chi connectivity index (χ3n) is 5.08. The Hall–Kier alpha value is -1.78. The first-order chi connectivity index (χ1) is 13.0. The maximum atomic E-state index is 13.1. The van der Waals surface area contributed by atoms with Crippen molar-refractivity contribution in [1.29, 1.82) is 0 Å². The Kier molecular flexibility index (Phi) is 5.66.